The van der Waals surface area contributed by atoms with Gasteiger partial charge in [0.2, 0.25) is 0 Å². The SMILES string of the molecule is C[C@@H](OC(=O)[C@@H]1CCCN(C2=NS(=O)(=O)c3ccccc32)C1)C(=O)NC12CC3CC(CC(C3)C1)C2. The van der Waals surface area contributed by atoms with Gasteiger partial charge in [-0.3, -0.25) is 9.59 Å². The molecule has 8 nitrogen and oxygen atoms in total. The monoisotopic (exact) mass is 499 g/mol. The zero-order valence-electron chi connectivity index (χ0n) is 20.1. The molecule has 6 aliphatic rings. The summed E-state index contributed by atoms with van der Waals surface area (Å²) in [7, 11) is -3.72. The largest absolute Gasteiger partial charge is 0.452 e. The average Bonchev–Trinajstić information content (AvgIpc) is 3.09. The lowest BCUT2D eigenvalue weighted by Crippen LogP contribution is -2.61. The van der Waals surface area contributed by atoms with Gasteiger partial charge in [-0.2, -0.15) is 8.42 Å². The third kappa shape index (κ3) is 4.15. The molecule has 0 spiro atoms. The number of nitrogens with one attached hydrogen (secondary N) is 1. The van der Waals surface area contributed by atoms with Crippen molar-refractivity contribution in [2.45, 2.75) is 74.8 Å². The Morgan fingerprint density at radius 2 is 1.77 bits per heavy atom. The number of esters is 1. The third-order valence-corrected chi connectivity index (χ3v) is 10.1. The van der Waals surface area contributed by atoms with Crippen LogP contribution in [0.1, 0.15) is 63.9 Å². The van der Waals surface area contributed by atoms with Crippen molar-refractivity contribution in [3.05, 3.63) is 29.8 Å². The van der Waals surface area contributed by atoms with Gasteiger partial charge in [-0.05, 0) is 88.2 Å². The van der Waals surface area contributed by atoms with Gasteiger partial charge in [-0.25, -0.2) is 0 Å². The summed E-state index contributed by atoms with van der Waals surface area (Å²) in [4.78, 5) is 28.1. The van der Waals surface area contributed by atoms with Crippen LogP contribution in [0.4, 0.5) is 0 Å². The normalized spacial score (nSPS) is 35.2. The van der Waals surface area contributed by atoms with Crippen molar-refractivity contribution < 1.29 is 22.7 Å². The van der Waals surface area contributed by atoms with Crippen molar-refractivity contribution in [2.24, 2.45) is 28.1 Å². The number of carbonyl (C=O) groups is 2. The molecule has 35 heavy (non-hydrogen) atoms. The van der Waals surface area contributed by atoms with E-state index in [1.807, 2.05) is 4.90 Å². The van der Waals surface area contributed by atoms with Crippen molar-refractivity contribution in [1.82, 2.24) is 10.2 Å². The van der Waals surface area contributed by atoms with Crippen molar-refractivity contribution >= 4 is 27.7 Å². The van der Waals surface area contributed by atoms with E-state index < -0.39 is 28.0 Å². The Morgan fingerprint density at radius 1 is 1.11 bits per heavy atom. The van der Waals surface area contributed by atoms with Crippen LogP contribution < -0.4 is 5.32 Å². The standard InChI is InChI=1S/C26H33N3O5S/c1-16(24(30)27-26-12-17-9-18(13-26)11-19(10-17)14-26)34-25(31)20-5-4-8-29(15-20)23-21-6-2-3-7-22(21)35(32,33)28-23/h2-3,6-7,16-20H,4-5,8-15H2,1H3,(H,27,30)/t16-,17?,18?,19?,20-,26?/m1/s1. The van der Waals surface area contributed by atoms with E-state index in [2.05, 4.69) is 9.71 Å². The highest BCUT2D eigenvalue weighted by Gasteiger charge is 2.52. The first kappa shape index (κ1) is 23.0. The number of piperidine rings is 1. The second-order valence-corrected chi connectivity index (χ2v) is 13.0. The van der Waals surface area contributed by atoms with E-state index in [-0.39, 0.29) is 16.3 Å². The van der Waals surface area contributed by atoms with Gasteiger partial charge in [0.05, 0.1) is 5.92 Å². The summed E-state index contributed by atoms with van der Waals surface area (Å²) >= 11 is 0. The number of amides is 1. The number of nitrogens with zero attached hydrogens (tertiary/aromatic N) is 2. The summed E-state index contributed by atoms with van der Waals surface area (Å²) in [5.74, 6) is 1.52. The molecule has 1 saturated heterocycles. The molecule has 4 bridgehead atoms. The van der Waals surface area contributed by atoms with E-state index in [4.69, 9.17) is 4.74 Å². The van der Waals surface area contributed by atoms with Crippen molar-refractivity contribution in [2.75, 3.05) is 13.1 Å². The molecule has 7 rings (SSSR count). The van der Waals surface area contributed by atoms with Gasteiger partial charge in [-0.15, -0.1) is 4.40 Å². The number of hydrogen-bond donors (Lipinski definition) is 1. The molecule has 4 saturated carbocycles. The first-order valence-electron chi connectivity index (χ1n) is 12.9. The van der Waals surface area contributed by atoms with E-state index in [0.717, 1.165) is 43.4 Å². The van der Waals surface area contributed by atoms with Crippen molar-refractivity contribution in [1.29, 1.82) is 0 Å². The smallest absolute Gasteiger partial charge is 0.311 e. The zero-order chi connectivity index (χ0) is 24.4. The lowest BCUT2D eigenvalue weighted by Gasteiger charge is -2.57. The molecule has 1 aromatic rings. The molecule has 0 radical (unpaired) electrons. The molecule has 2 heterocycles. The van der Waals surface area contributed by atoms with E-state index in [1.54, 1.807) is 31.2 Å². The number of benzene rings is 1. The fraction of sp³-hybridized carbons (Fsp3) is 0.654. The number of ether oxygens (including phenoxy) is 1. The topological polar surface area (TPSA) is 105 Å². The van der Waals surface area contributed by atoms with Crippen molar-refractivity contribution in [3.8, 4) is 0 Å². The highest BCUT2D eigenvalue weighted by molar-refractivity contribution is 7.90. The fourth-order valence-corrected chi connectivity index (χ4v) is 8.86. The summed E-state index contributed by atoms with van der Waals surface area (Å²) in [6, 6.07) is 6.77. The average molecular weight is 500 g/mol. The molecule has 0 unspecified atom stereocenters. The predicted octanol–water partition coefficient (Wildman–Crippen LogP) is 2.86. The van der Waals surface area contributed by atoms with Crippen LogP contribution in [0.2, 0.25) is 0 Å². The van der Waals surface area contributed by atoms with Crippen LogP contribution in [-0.4, -0.2) is 55.8 Å². The van der Waals surface area contributed by atoms with Gasteiger partial charge in [0, 0.05) is 24.2 Å². The first-order valence-corrected chi connectivity index (χ1v) is 14.4. The zero-order valence-corrected chi connectivity index (χ0v) is 20.9. The second-order valence-electron chi connectivity index (χ2n) is 11.4. The molecule has 2 atom stereocenters. The molecule has 2 aliphatic heterocycles. The molecular formula is C26H33N3O5S. The number of carbonyl (C=O) groups excluding carboxylic acids is 2. The van der Waals surface area contributed by atoms with Crippen LogP contribution in [0, 0.1) is 23.7 Å². The summed E-state index contributed by atoms with van der Waals surface area (Å²) in [5, 5.41) is 3.29. The predicted molar refractivity (Wildman–Crippen MR) is 129 cm³/mol. The maximum Gasteiger partial charge on any atom is 0.311 e. The molecule has 5 fully saturated rings. The van der Waals surface area contributed by atoms with Crippen LogP contribution in [0.3, 0.4) is 0 Å². The van der Waals surface area contributed by atoms with Crippen LogP contribution in [0.5, 0.6) is 0 Å². The lowest BCUT2D eigenvalue weighted by atomic mass is 9.53. The van der Waals surface area contributed by atoms with Gasteiger partial charge in [-0.1, -0.05) is 12.1 Å². The molecule has 1 N–H and O–H groups in total. The summed E-state index contributed by atoms with van der Waals surface area (Å²) in [5.41, 5.74) is 0.457. The van der Waals surface area contributed by atoms with Crippen LogP contribution in [0.15, 0.2) is 33.6 Å². The van der Waals surface area contributed by atoms with Crippen molar-refractivity contribution in [3.63, 3.8) is 0 Å². The van der Waals surface area contributed by atoms with Gasteiger partial charge < -0.3 is 15.0 Å². The van der Waals surface area contributed by atoms with Gasteiger partial charge in [0.15, 0.2) is 11.9 Å². The summed E-state index contributed by atoms with van der Waals surface area (Å²) in [6.07, 6.45) is 7.56. The number of rotatable bonds is 4. The highest BCUT2D eigenvalue weighted by Crippen LogP contribution is 2.55. The number of sulfonamides is 1. The molecular weight excluding hydrogens is 466 g/mol. The first-order chi connectivity index (χ1) is 16.7. The molecule has 1 aromatic carbocycles. The van der Waals surface area contributed by atoms with Gasteiger partial charge in [0.25, 0.3) is 15.9 Å². The summed E-state index contributed by atoms with van der Waals surface area (Å²) < 4.78 is 34.6. The Bertz CT molecular complexity index is 1160. The Hall–Kier alpha value is -2.42. The minimum atomic E-state index is -3.72. The second kappa shape index (κ2) is 8.32. The number of hydrogen-bond acceptors (Lipinski definition) is 6. The minimum absolute atomic E-state index is 0.117. The lowest BCUT2D eigenvalue weighted by molar-refractivity contribution is -0.161. The maximum absolute atomic E-state index is 13.0. The van der Waals surface area contributed by atoms with Crippen LogP contribution in [0.25, 0.3) is 0 Å². The molecule has 188 valence electrons. The Labute approximate surface area is 206 Å². The Kier molecular flexibility index (Phi) is 5.47. The van der Waals surface area contributed by atoms with Crippen LogP contribution >= 0.6 is 0 Å². The van der Waals surface area contributed by atoms with Gasteiger partial charge >= 0.3 is 5.97 Å². The fourth-order valence-electron chi connectivity index (χ4n) is 7.63. The van der Waals surface area contributed by atoms with E-state index in [9.17, 15) is 18.0 Å². The third-order valence-electron chi connectivity index (χ3n) is 8.76. The van der Waals surface area contributed by atoms with Crippen LogP contribution in [-0.2, 0) is 24.3 Å². The number of likely N-dealkylation sites (tertiary alicyclic amines) is 1. The molecule has 0 aromatic heterocycles. The molecule has 9 heteroatoms. The minimum Gasteiger partial charge on any atom is -0.452 e. The van der Waals surface area contributed by atoms with E-state index in [0.29, 0.717) is 30.9 Å². The van der Waals surface area contributed by atoms with E-state index >= 15 is 0 Å². The quantitative estimate of drug-likeness (QED) is 0.639. The molecule has 4 aliphatic carbocycles. The molecule has 1 amide bonds. The Balaban J connectivity index is 1.09. The number of fused-ring (bicyclic) bond motifs is 1. The van der Waals surface area contributed by atoms with Gasteiger partial charge in [0.1, 0.15) is 4.90 Å². The Morgan fingerprint density at radius 3 is 2.46 bits per heavy atom. The maximum atomic E-state index is 13.0. The summed E-state index contributed by atoms with van der Waals surface area (Å²) in [6.45, 7) is 2.59. The highest BCUT2D eigenvalue weighted by atomic mass is 32.2. The number of amidine groups is 1. The van der Waals surface area contributed by atoms with E-state index in [1.165, 1.54) is 19.3 Å².